The van der Waals surface area contributed by atoms with Gasteiger partial charge in [-0.05, 0) is 25.8 Å². The van der Waals surface area contributed by atoms with E-state index < -0.39 is 6.17 Å². The van der Waals surface area contributed by atoms with Crippen molar-refractivity contribution in [3.8, 4) is 0 Å². The summed E-state index contributed by atoms with van der Waals surface area (Å²) in [5.74, 6) is 0. The Hall–Kier alpha value is -1.25. The van der Waals surface area contributed by atoms with Crippen molar-refractivity contribution >= 4 is 0 Å². The first kappa shape index (κ1) is 11.8. The fourth-order valence-corrected chi connectivity index (χ4v) is 1.73. The van der Waals surface area contributed by atoms with Crippen LogP contribution in [-0.2, 0) is 0 Å². The van der Waals surface area contributed by atoms with Gasteiger partial charge < -0.3 is 10.6 Å². The molecule has 3 heteroatoms. The Morgan fingerprint density at radius 3 is 2.53 bits per heavy atom. The lowest BCUT2D eigenvalue weighted by atomic mass is 10.1. The largest absolute Gasteiger partial charge is 0.401 e. The second-order valence-corrected chi connectivity index (χ2v) is 3.82. The molecule has 84 valence electrons. The molecule has 1 rings (SSSR count). The third-order valence-electron chi connectivity index (χ3n) is 2.56. The number of rotatable bonds is 3. The van der Waals surface area contributed by atoms with Gasteiger partial charge in [0, 0.05) is 18.8 Å². The van der Waals surface area contributed by atoms with Gasteiger partial charge in [0.2, 0.25) is 0 Å². The first-order chi connectivity index (χ1) is 7.15. The molecule has 1 fully saturated rings. The minimum Gasteiger partial charge on any atom is -0.401 e. The van der Waals surface area contributed by atoms with E-state index in [1.54, 1.807) is 6.08 Å². The van der Waals surface area contributed by atoms with E-state index in [-0.39, 0.29) is 0 Å². The van der Waals surface area contributed by atoms with Crippen molar-refractivity contribution in [2.75, 3.05) is 13.1 Å². The molecule has 1 saturated heterocycles. The van der Waals surface area contributed by atoms with E-state index in [4.69, 9.17) is 5.73 Å². The van der Waals surface area contributed by atoms with Crippen LogP contribution in [0.4, 0.5) is 4.39 Å². The monoisotopic (exact) mass is 210 g/mol. The van der Waals surface area contributed by atoms with E-state index in [1.165, 1.54) is 0 Å². The second-order valence-electron chi connectivity index (χ2n) is 3.82. The summed E-state index contributed by atoms with van der Waals surface area (Å²) in [4.78, 5) is 2.13. The molecule has 0 aromatic heterocycles. The third kappa shape index (κ3) is 3.42. The highest BCUT2D eigenvalue weighted by molar-refractivity contribution is 5.24. The molecule has 0 spiro atoms. The molecule has 2 N–H and O–H groups in total. The lowest BCUT2D eigenvalue weighted by Gasteiger charge is -2.32. The first-order valence-electron chi connectivity index (χ1n) is 5.29. The number of halogens is 1. The summed E-state index contributed by atoms with van der Waals surface area (Å²) in [6.45, 7) is 6.97. The van der Waals surface area contributed by atoms with Crippen LogP contribution in [0, 0.1) is 0 Å². The Bertz CT molecular complexity index is 269. The lowest BCUT2D eigenvalue weighted by molar-refractivity contribution is 0.182. The van der Waals surface area contributed by atoms with E-state index in [0.717, 1.165) is 24.5 Å². The number of nitrogens with two attached hydrogens (primary N) is 1. The van der Waals surface area contributed by atoms with Crippen molar-refractivity contribution in [3.63, 3.8) is 0 Å². The third-order valence-corrected chi connectivity index (χ3v) is 2.56. The maximum Gasteiger partial charge on any atom is 0.103 e. The van der Waals surface area contributed by atoms with Crippen LogP contribution < -0.4 is 5.73 Å². The van der Waals surface area contributed by atoms with Crippen LogP contribution in [-0.4, -0.2) is 24.2 Å². The van der Waals surface area contributed by atoms with Gasteiger partial charge in [-0.3, -0.25) is 0 Å². The SMILES string of the molecule is C=C/C=C\C(=C(/C)N)N1CCC(F)CC1. The average Bonchev–Trinajstić information content (AvgIpc) is 2.21. The number of alkyl halides is 1. The minimum absolute atomic E-state index is 0.596. The summed E-state index contributed by atoms with van der Waals surface area (Å²) in [7, 11) is 0. The number of allylic oxidation sites excluding steroid dienone is 4. The number of hydrogen-bond donors (Lipinski definition) is 1. The summed E-state index contributed by atoms with van der Waals surface area (Å²) in [5.41, 5.74) is 7.56. The van der Waals surface area contributed by atoms with Crippen LogP contribution in [0.3, 0.4) is 0 Å². The van der Waals surface area contributed by atoms with Crippen molar-refractivity contribution in [2.24, 2.45) is 5.73 Å². The maximum absolute atomic E-state index is 13.0. The van der Waals surface area contributed by atoms with Gasteiger partial charge in [0.15, 0.2) is 0 Å². The van der Waals surface area contributed by atoms with E-state index in [0.29, 0.717) is 12.8 Å². The van der Waals surface area contributed by atoms with Crippen molar-refractivity contribution in [3.05, 3.63) is 36.2 Å². The molecule has 0 saturated carbocycles. The predicted molar refractivity (Wildman–Crippen MR) is 61.9 cm³/mol. The standard InChI is InChI=1S/C12H19FN2/c1-3-4-5-12(10(2)14)15-8-6-11(13)7-9-15/h3-5,11H,1,6-9,14H2,2H3/b5-4-,12-10-. The molecule has 0 amide bonds. The topological polar surface area (TPSA) is 29.3 Å². The van der Waals surface area contributed by atoms with Crippen molar-refractivity contribution in [1.82, 2.24) is 4.90 Å². The quantitative estimate of drug-likeness (QED) is 0.724. The molecule has 0 aliphatic carbocycles. The molecule has 1 aliphatic heterocycles. The van der Waals surface area contributed by atoms with Crippen LogP contribution in [0.5, 0.6) is 0 Å². The smallest absolute Gasteiger partial charge is 0.103 e. The van der Waals surface area contributed by atoms with Crippen molar-refractivity contribution < 1.29 is 4.39 Å². The summed E-state index contributed by atoms with van der Waals surface area (Å²) in [6, 6.07) is 0. The summed E-state index contributed by atoms with van der Waals surface area (Å²) >= 11 is 0. The molecule has 0 aromatic carbocycles. The zero-order valence-electron chi connectivity index (χ0n) is 9.25. The molecular weight excluding hydrogens is 191 g/mol. The minimum atomic E-state index is -0.649. The van der Waals surface area contributed by atoms with Crippen molar-refractivity contribution in [2.45, 2.75) is 25.9 Å². The Morgan fingerprint density at radius 1 is 1.47 bits per heavy atom. The molecule has 1 aliphatic rings. The van der Waals surface area contributed by atoms with Crippen LogP contribution >= 0.6 is 0 Å². The predicted octanol–water partition coefficient (Wildman–Crippen LogP) is 2.35. The number of likely N-dealkylation sites (tertiary alicyclic amines) is 1. The zero-order chi connectivity index (χ0) is 11.3. The fraction of sp³-hybridized carbons (Fsp3) is 0.500. The highest BCUT2D eigenvalue weighted by Gasteiger charge is 2.19. The summed E-state index contributed by atoms with van der Waals surface area (Å²) in [5, 5.41) is 0. The number of nitrogens with zero attached hydrogens (tertiary/aromatic N) is 1. The van der Waals surface area contributed by atoms with Gasteiger partial charge in [-0.25, -0.2) is 4.39 Å². The Kier molecular flexibility index (Phi) is 4.40. The van der Waals surface area contributed by atoms with Crippen LogP contribution in [0.25, 0.3) is 0 Å². The maximum atomic E-state index is 13.0. The Balaban J connectivity index is 2.70. The molecule has 0 atom stereocenters. The van der Waals surface area contributed by atoms with Gasteiger partial charge in [-0.2, -0.15) is 0 Å². The molecule has 1 heterocycles. The highest BCUT2D eigenvalue weighted by Crippen LogP contribution is 2.19. The fourth-order valence-electron chi connectivity index (χ4n) is 1.73. The molecule has 2 nitrogen and oxygen atoms in total. The van der Waals surface area contributed by atoms with Crippen LogP contribution in [0.15, 0.2) is 36.2 Å². The van der Waals surface area contributed by atoms with Gasteiger partial charge >= 0.3 is 0 Å². The number of piperidine rings is 1. The van der Waals surface area contributed by atoms with Crippen LogP contribution in [0.1, 0.15) is 19.8 Å². The van der Waals surface area contributed by atoms with E-state index in [2.05, 4.69) is 11.5 Å². The van der Waals surface area contributed by atoms with Gasteiger partial charge in [0.05, 0.1) is 5.70 Å². The molecule has 0 aromatic rings. The summed E-state index contributed by atoms with van der Waals surface area (Å²) in [6.07, 6.45) is 6.04. The molecule has 15 heavy (non-hydrogen) atoms. The lowest BCUT2D eigenvalue weighted by Crippen LogP contribution is -2.34. The van der Waals surface area contributed by atoms with Gasteiger partial charge in [0.25, 0.3) is 0 Å². The normalized spacial score (nSPS) is 20.5. The second kappa shape index (κ2) is 5.59. The highest BCUT2D eigenvalue weighted by atomic mass is 19.1. The van der Waals surface area contributed by atoms with E-state index in [9.17, 15) is 4.39 Å². The zero-order valence-corrected chi connectivity index (χ0v) is 9.25. The molecule has 0 bridgehead atoms. The Labute approximate surface area is 90.9 Å². The summed E-state index contributed by atoms with van der Waals surface area (Å²) < 4.78 is 13.0. The average molecular weight is 210 g/mol. The Morgan fingerprint density at radius 2 is 2.07 bits per heavy atom. The van der Waals surface area contributed by atoms with Crippen molar-refractivity contribution in [1.29, 1.82) is 0 Å². The first-order valence-corrected chi connectivity index (χ1v) is 5.29. The van der Waals surface area contributed by atoms with E-state index >= 15 is 0 Å². The molecular formula is C12H19FN2. The van der Waals surface area contributed by atoms with Gasteiger partial charge in [-0.15, -0.1) is 0 Å². The van der Waals surface area contributed by atoms with E-state index in [1.807, 2.05) is 19.1 Å². The van der Waals surface area contributed by atoms with Crippen LogP contribution in [0.2, 0.25) is 0 Å². The van der Waals surface area contributed by atoms with Gasteiger partial charge in [-0.1, -0.05) is 18.7 Å². The molecule has 0 unspecified atom stereocenters. The van der Waals surface area contributed by atoms with Gasteiger partial charge in [0.1, 0.15) is 6.17 Å². The number of hydrogen-bond acceptors (Lipinski definition) is 2. The molecule has 0 radical (unpaired) electrons.